The molecule has 0 amide bonds. The first kappa shape index (κ1) is 13.6. The van der Waals surface area contributed by atoms with Gasteiger partial charge in [0.2, 0.25) is 0 Å². The molecular formula is C14H22ClN3. The van der Waals surface area contributed by atoms with Crippen molar-refractivity contribution in [2.45, 2.75) is 46.1 Å². The lowest BCUT2D eigenvalue weighted by Crippen LogP contribution is -2.13. The zero-order valence-corrected chi connectivity index (χ0v) is 12.1. The Morgan fingerprint density at radius 3 is 2.89 bits per heavy atom. The maximum absolute atomic E-state index is 6.42. The third kappa shape index (κ3) is 2.96. The van der Waals surface area contributed by atoms with Crippen LogP contribution in [0, 0.1) is 0 Å². The van der Waals surface area contributed by atoms with E-state index in [-0.39, 0.29) is 0 Å². The van der Waals surface area contributed by atoms with Crippen molar-refractivity contribution < 1.29 is 0 Å². The minimum Gasteiger partial charge on any atom is -0.316 e. The SMILES string of the molecule is CCc1nn(CC)c(/C=C2/CCCNCC2)c1Cl. The predicted octanol–water partition coefficient (Wildman–Crippen LogP) is 3.28. The van der Waals surface area contributed by atoms with E-state index in [1.54, 1.807) is 0 Å². The number of aryl methyl sites for hydroxylation is 2. The van der Waals surface area contributed by atoms with Crippen molar-refractivity contribution in [1.29, 1.82) is 0 Å². The van der Waals surface area contributed by atoms with Gasteiger partial charge in [-0.25, -0.2) is 0 Å². The van der Waals surface area contributed by atoms with E-state index in [9.17, 15) is 0 Å². The van der Waals surface area contributed by atoms with Gasteiger partial charge in [0.25, 0.3) is 0 Å². The lowest BCUT2D eigenvalue weighted by molar-refractivity contribution is 0.642. The van der Waals surface area contributed by atoms with Crippen LogP contribution in [-0.2, 0) is 13.0 Å². The smallest absolute Gasteiger partial charge is 0.0891 e. The normalized spacial score (nSPS) is 19.2. The van der Waals surface area contributed by atoms with Crippen molar-refractivity contribution >= 4 is 17.7 Å². The molecule has 0 spiro atoms. The summed E-state index contributed by atoms with van der Waals surface area (Å²) in [6.45, 7) is 7.28. The lowest BCUT2D eigenvalue weighted by atomic mass is 10.1. The summed E-state index contributed by atoms with van der Waals surface area (Å²) in [5.41, 5.74) is 3.59. The summed E-state index contributed by atoms with van der Waals surface area (Å²) in [7, 11) is 0. The minimum atomic E-state index is 0.837. The number of hydrogen-bond donors (Lipinski definition) is 1. The molecule has 0 aliphatic carbocycles. The molecule has 3 nitrogen and oxygen atoms in total. The molecule has 1 N–H and O–H groups in total. The summed E-state index contributed by atoms with van der Waals surface area (Å²) in [6.07, 6.45) is 6.64. The Bertz CT molecular complexity index is 424. The van der Waals surface area contributed by atoms with Gasteiger partial charge in [0.1, 0.15) is 0 Å². The first-order valence-corrected chi connectivity index (χ1v) is 7.29. The zero-order chi connectivity index (χ0) is 13.0. The van der Waals surface area contributed by atoms with E-state index in [0.717, 1.165) is 48.9 Å². The van der Waals surface area contributed by atoms with Crippen molar-refractivity contribution in [2.24, 2.45) is 0 Å². The highest BCUT2D eigenvalue weighted by atomic mass is 35.5. The van der Waals surface area contributed by atoms with Gasteiger partial charge in [-0.15, -0.1) is 0 Å². The van der Waals surface area contributed by atoms with Crippen LogP contribution in [0.25, 0.3) is 6.08 Å². The molecule has 2 rings (SSSR count). The topological polar surface area (TPSA) is 29.9 Å². The molecule has 18 heavy (non-hydrogen) atoms. The van der Waals surface area contributed by atoms with Crippen LogP contribution in [0.15, 0.2) is 5.57 Å². The molecule has 1 fully saturated rings. The molecule has 1 aliphatic heterocycles. The van der Waals surface area contributed by atoms with E-state index < -0.39 is 0 Å². The number of nitrogens with zero attached hydrogens (tertiary/aromatic N) is 2. The Balaban J connectivity index is 2.31. The Morgan fingerprint density at radius 2 is 2.17 bits per heavy atom. The second-order valence-electron chi connectivity index (χ2n) is 4.72. The summed E-state index contributed by atoms with van der Waals surface area (Å²) in [6, 6.07) is 0. The molecular weight excluding hydrogens is 246 g/mol. The highest BCUT2D eigenvalue weighted by Crippen LogP contribution is 2.26. The van der Waals surface area contributed by atoms with Crippen LogP contribution in [-0.4, -0.2) is 22.9 Å². The maximum Gasteiger partial charge on any atom is 0.0891 e. The van der Waals surface area contributed by atoms with E-state index in [1.165, 1.54) is 18.4 Å². The van der Waals surface area contributed by atoms with Crippen molar-refractivity contribution in [3.05, 3.63) is 22.0 Å². The molecule has 1 saturated heterocycles. The van der Waals surface area contributed by atoms with Crippen LogP contribution in [0.1, 0.15) is 44.5 Å². The van der Waals surface area contributed by atoms with Gasteiger partial charge >= 0.3 is 0 Å². The van der Waals surface area contributed by atoms with Gasteiger partial charge < -0.3 is 5.32 Å². The van der Waals surface area contributed by atoms with Crippen LogP contribution in [0.2, 0.25) is 5.02 Å². The van der Waals surface area contributed by atoms with Crippen LogP contribution in [0.3, 0.4) is 0 Å². The fourth-order valence-corrected chi connectivity index (χ4v) is 2.71. The Kier molecular flexibility index (Phi) is 4.84. The Morgan fingerprint density at radius 1 is 1.33 bits per heavy atom. The number of aromatic nitrogens is 2. The zero-order valence-electron chi connectivity index (χ0n) is 11.3. The summed E-state index contributed by atoms with van der Waals surface area (Å²) in [4.78, 5) is 0. The highest BCUT2D eigenvalue weighted by molar-refractivity contribution is 6.32. The van der Waals surface area contributed by atoms with Crippen molar-refractivity contribution in [3.8, 4) is 0 Å². The first-order valence-electron chi connectivity index (χ1n) is 6.91. The fourth-order valence-electron chi connectivity index (χ4n) is 2.39. The molecule has 0 saturated carbocycles. The van der Waals surface area contributed by atoms with Crippen LogP contribution >= 0.6 is 11.6 Å². The number of hydrogen-bond acceptors (Lipinski definition) is 2. The van der Waals surface area contributed by atoms with Crippen molar-refractivity contribution in [3.63, 3.8) is 0 Å². The van der Waals surface area contributed by atoms with Crippen LogP contribution < -0.4 is 5.32 Å². The van der Waals surface area contributed by atoms with E-state index in [0.29, 0.717) is 0 Å². The van der Waals surface area contributed by atoms with Gasteiger partial charge in [-0.05, 0) is 51.8 Å². The predicted molar refractivity (Wildman–Crippen MR) is 77.0 cm³/mol. The number of nitrogens with one attached hydrogen (secondary N) is 1. The molecule has 1 aromatic rings. The van der Waals surface area contributed by atoms with Crippen molar-refractivity contribution in [1.82, 2.24) is 15.1 Å². The van der Waals surface area contributed by atoms with Crippen LogP contribution in [0.4, 0.5) is 0 Å². The molecule has 2 heterocycles. The van der Waals surface area contributed by atoms with Gasteiger partial charge in [-0.1, -0.05) is 24.1 Å². The highest BCUT2D eigenvalue weighted by Gasteiger charge is 2.13. The molecule has 4 heteroatoms. The summed E-state index contributed by atoms with van der Waals surface area (Å²) < 4.78 is 2.02. The fraction of sp³-hybridized carbons (Fsp3) is 0.643. The van der Waals surface area contributed by atoms with Gasteiger partial charge in [0.15, 0.2) is 0 Å². The lowest BCUT2D eigenvalue weighted by Gasteiger charge is -2.05. The third-order valence-electron chi connectivity index (χ3n) is 3.45. The second kappa shape index (κ2) is 6.39. The maximum atomic E-state index is 6.42. The summed E-state index contributed by atoms with van der Waals surface area (Å²) >= 11 is 6.42. The van der Waals surface area contributed by atoms with Gasteiger partial charge in [-0.3, -0.25) is 4.68 Å². The van der Waals surface area contributed by atoms with Gasteiger partial charge in [0.05, 0.1) is 16.4 Å². The third-order valence-corrected chi connectivity index (χ3v) is 3.86. The Hall–Kier alpha value is -0.800. The molecule has 1 aliphatic rings. The quantitative estimate of drug-likeness (QED) is 0.911. The molecule has 0 aromatic carbocycles. The summed E-state index contributed by atoms with van der Waals surface area (Å²) in [5, 5.41) is 8.82. The van der Waals surface area contributed by atoms with Gasteiger partial charge in [-0.2, -0.15) is 5.10 Å². The van der Waals surface area contributed by atoms with Crippen LogP contribution in [0.5, 0.6) is 0 Å². The first-order chi connectivity index (χ1) is 8.76. The second-order valence-corrected chi connectivity index (χ2v) is 5.10. The average Bonchev–Trinajstić information content (AvgIpc) is 2.58. The van der Waals surface area contributed by atoms with E-state index in [4.69, 9.17) is 11.6 Å². The largest absolute Gasteiger partial charge is 0.316 e. The number of halogens is 1. The monoisotopic (exact) mass is 267 g/mol. The summed E-state index contributed by atoms with van der Waals surface area (Å²) in [5.74, 6) is 0. The van der Waals surface area contributed by atoms with Crippen molar-refractivity contribution in [2.75, 3.05) is 13.1 Å². The minimum absolute atomic E-state index is 0.837. The molecule has 100 valence electrons. The molecule has 0 unspecified atom stereocenters. The molecule has 0 bridgehead atoms. The standard InChI is InChI=1S/C14H22ClN3/c1-3-12-14(15)13(18(4-2)17-12)10-11-6-5-8-16-9-7-11/h10,16H,3-9H2,1-2H3/b11-10-. The molecule has 0 radical (unpaired) electrons. The number of rotatable bonds is 3. The van der Waals surface area contributed by atoms with E-state index in [1.807, 2.05) is 4.68 Å². The Labute approximate surface area is 114 Å². The molecule has 1 aromatic heterocycles. The molecule has 0 atom stereocenters. The van der Waals surface area contributed by atoms with E-state index >= 15 is 0 Å². The average molecular weight is 268 g/mol. The van der Waals surface area contributed by atoms with Gasteiger partial charge in [0, 0.05) is 6.54 Å². The van der Waals surface area contributed by atoms with E-state index in [2.05, 4.69) is 30.3 Å².